The van der Waals surface area contributed by atoms with Gasteiger partial charge in [-0.1, -0.05) is 31.2 Å². The number of nitrogens with one attached hydrogen (secondary N) is 1. The Morgan fingerprint density at radius 1 is 1.18 bits per heavy atom. The molecule has 3 aliphatic rings. The molecule has 33 heavy (non-hydrogen) atoms. The first-order valence-corrected chi connectivity index (χ1v) is 11.2. The highest BCUT2D eigenvalue weighted by Crippen LogP contribution is 2.51. The number of halogens is 2. The zero-order valence-electron chi connectivity index (χ0n) is 18.4. The van der Waals surface area contributed by atoms with Gasteiger partial charge in [0.05, 0.1) is 11.3 Å². The van der Waals surface area contributed by atoms with Crippen LogP contribution in [0.5, 0.6) is 5.75 Å². The van der Waals surface area contributed by atoms with Gasteiger partial charge >= 0.3 is 12.6 Å². The van der Waals surface area contributed by atoms with E-state index in [-0.39, 0.29) is 22.9 Å². The van der Waals surface area contributed by atoms with Gasteiger partial charge in [-0.05, 0) is 48.4 Å². The lowest BCUT2D eigenvalue weighted by molar-refractivity contribution is -0.133. The minimum absolute atomic E-state index is 0.0176. The van der Waals surface area contributed by atoms with Gasteiger partial charge in [-0.3, -0.25) is 0 Å². The van der Waals surface area contributed by atoms with Crippen molar-refractivity contribution in [1.29, 1.82) is 0 Å². The number of carboxylic acid groups (broad SMARTS) is 1. The van der Waals surface area contributed by atoms with E-state index in [0.29, 0.717) is 29.8 Å². The van der Waals surface area contributed by atoms with E-state index in [9.17, 15) is 23.8 Å². The maximum atomic E-state index is 13.6. The standard InChI is InChI=1S/C25H26F2N2O4/c1-12-13(2)28-10-15-9-14(3-6-17(12)15)18-7-8-19-21(23(18)33-25(26)27)29(16-4-5-16)11-20(22(19)30)24(31)32/h3,6-9,11-13,16,22,25,28,30H,4-5,10H2,1-2H3,(H,31,32). The van der Waals surface area contributed by atoms with Crippen LogP contribution in [-0.4, -0.2) is 34.9 Å². The number of ether oxygens (including phenoxy) is 1. The number of hydrogen-bond donors (Lipinski definition) is 3. The second-order valence-electron chi connectivity index (χ2n) is 9.06. The van der Waals surface area contributed by atoms with Crippen molar-refractivity contribution >= 4 is 11.7 Å². The molecule has 1 saturated carbocycles. The lowest BCUT2D eigenvalue weighted by Crippen LogP contribution is -2.35. The van der Waals surface area contributed by atoms with Gasteiger partial charge < -0.3 is 25.2 Å². The molecule has 2 heterocycles. The third-order valence-electron chi connectivity index (χ3n) is 6.99. The molecule has 5 rings (SSSR count). The van der Waals surface area contributed by atoms with Crippen LogP contribution < -0.4 is 15.0 Å². The van der Waals surface area contributed by atoms with Crippen molar-refractivity contribution in [2.24, 2.45) is 0 Å². The summed E-state index contributed by atoms with van der Waals surface area (Å²) in [7, 11) is 0. The van der Waals surface area contributed by atoms with Crippen molar-refractivity contribution in [2.45, 2.75) is 64.0 Å². The van der Waals surface area contributed by atoms with E-state index < -0.39 is 18.7 Å². The molecule has 3 N–H and O–H groups in total. The summed E-state index contributed by atoms with van der Waals surface area (Å²) in [6, 6.07) is 9.50. The fraction of sp³-hybridized carbons (Fsp3) is 0.400. The average molecular weight is 456 g/mol. The Bertz CT molecular complexity index is 1150. The maximum Gasteiger partial charge on any atom is 0.387 e. The number of hydrogen-bond acceptors (Lipinski definition) is 5. The Hall–Kier alpha value is -2.97. The highest BCUT2D eigenvalue weighted by molar-refractivity contribution is 5.93. The summed E-state index contributed by atoms with van der Waals surface area (Å²) in [6.07, 6.45) is 1.53. The molecule has 174 valence electrons. The van der Waals surface area contributed by atoms with E-state index in [4.69, 9.17) is 4.74 Å². The number of carbonyl (C=O) groups is 1. The van der Waals surface area contributed by atoms with Crippen LogP contribution in [0, 0.1) is 0 Å². The van der Waals surface area contributed by atoms with Gasteiger partial charge in [-0.15, -0.1) is 0 Å². The predicted octanol–water partition coefficient (Wildman–Crippen LogP) is 4.53. The summed E-state index contributed by atoms with van der Waals surface area (Å²) < 4.78 is 32.2. The van der Waals surface area contributed by atoms with E-state index >= 15 is 0 Å². The molecule has 8 heteroatoms. The van der Waals surface area contributed by atoms with Crippen LogP contribution >= 0.6 is 0 Å². The number of aliphatic hydroxyl groups excluding tert-OH is 1. The highest BCUT2D eigenvalue weighted by atomic mass is 19.3. The SMILES string of the molecule is CC1NCc2cc(-c3ccc4c(c3OC(F)F)N(C3CC3)C=C(C(=O)O)C4O)ccc2C1C. The lowest BCUT2D eigenvalue weighted by atomic mass is 9.84. The van der Waals surface area contributed by atoms with Crippen molar-refractivity contribution in [3.05, 3.63) is 58.8 Å². The Morgan fingerprint density at radius 3 is 2.58 bits per heavy atom. The monoisotopic (exact) mass is 456 g/mol. The minimum Gasteiger partial charge on any atom is -0.478 e. The first-order chi connectivity index (χ1) is 15.8. The summed E-state index contributed by atoms with van der Waals surface area (Å²) >= 11 is 0. The molecule has 0 bridgehead atoms. The van der Waals surface area contributed by atoms with Crippen LogP contribution in [0.4, 0.5) is 14.5 Å². The third-order valence-corrected chi connectivity index (χ3v) is 6.99. The number of nitrogens with zero attached hydrogens (tertiary/aromatic N) is 1. The van der Waals surface area contributed by atoms with Crippen LogP contribution in [0.1, 0.15) is 55.4 Å². The second-order valence-corrected chi connectivity index (χ2v) is 9.06. The summed E-state index contributed by atoms with van der Waals surface area (Å²) in [5.41, 5.74) is 3.92. The molecule has 1 aliphatic carbocycles. The van der Waals surface area contributed by atoms with Crippen LogP contribution in [0.25, 0.3) is 11.1 Å². The van der Waals surface area contributed by atoms with Crippen molar-refractivity contribution in [2.75, 3.05) is 4.90 Å². The second kappa shape index (κ2) is 8.11. The number of fused-ring (bicyclic) bond motifs is 2. The van der Waals surface area contributed by atoms with E-state index in [1.54, 1.807) is 17.0 Å². The molecule has 0 spiro atoms. The molecular weight excluding hydrogens is 430 g/mol. The number of rotatable bonds is 5. The number of anilines is 1. The van der Waals surface area contributed by atoms with Gasteiger partial charge in [0.1, 0.15) is 6.10 Å². The van der Waals surface area contributed by atoms with Crippen LogP contribution in [0.3, 0.4) is 0 Å². The Balaban J connectivity index is 1.67. The largest absolute Gasteiger partial charge is 0.478 e. The van der Waals surface area contributed by atoms with Crippen LogP contribution in [-0.2, 0) is 11.3 Å². The summed E-state index contributed by atoms with van der Waals surface area (Å²) in [4.78, 5) is 13.4. The zero-order chi connectivity index (χ0) is 23.4. The van der Waals surface area contributed by atoms with Crippen LogP contribution in [0.15, 0.2) is 42.1 Å². The molecule has 3 atom stereocenters. The quantitative estimate of drug-likeness (QED) is 0.613. The first-order valence-electron chi connectivity index (χ1n) is 11.2. The summed E-state index contributed by atoms with van der Waals surface area (Å²) in [6.45, 7) is 1.90. The molecule has 2 aromatic carbocycles. The Morgan fingerprint density at radius 2 is 1.91 bits per heavy atom. The molecule has 0 radical (unpaired) electrons. The Kier molecular flexibility index (Phi) is 5.37. The molecule has 1 fully saturated rings. The number of carboxylic acids is 1. The van der Waals surface area contributed by atoms with Gasteiger partial charge in [-0.2, -0.15) is 8.78 Å². The van der Waals surface area contributed by atoms with E-state index in [2.05, 4.69) is 19.2 Å². The molecule has 2 aromatic rings. The van der Waals surface area contributed by atoms with Gasteiger partial charge in [0.15, 0.2) is 5.75 Å². The zero-order valence-corrected chi connectivity index (χ0v) is 18.4. The number of benzene rings is 2. The van der Waals surface area contributed by atoms with Crippen molar-refractivity contribution < 1.29 is 28.5 Å². The van der Waals surface area contributed by atoms with E-state index in [1.807, 2.05) is 18.2 Å². The van der Waals surface area contributed by atoms with Crippen molar-refractivity contribution in [1.82, 2.24) is 5.32 Å². The van der Waals surface area contributed by atoms with E-state index in [0.717, 1.165) is 24.0 Å². The summed E-state index contributed by atoms with van der Waals surface area (Å²) in [5, 5.41) is 23.7. The number of alkyl halides is 2. The van der Waals surface area contributed by atoms with Gasteiger partial charge in [-0.25, -0.2) is 4.79 Å². The fourth-order valence-corrected chi connectivity index (χ4v) is 4.86. The highest BCUT2D eigenvalue weighted by Gasteiger charge is 2.40. The number of aliphatic carboxylic acids is 1. The fourth-order valence-electron chi connectivity index (χ4n) is 4.86. The molecule has 0 aromatic heterocycles. The minimum atomic E-state index is -3.07. The molecule has 0 amide bonds. The number of aliphatic hydroxyl groups is 1. The maximum absolute atomic E-state index is 13.6. The lowest BCUT2D eigenvalue weighted by Gasteiger charge is -2.34. The molecular formula is C25H26F2N2O4. The smallest absolute Gasteiger partial charge is 0.387 e. The first kappa shape index (κ1) is 21.9. The molecule has 2 aliphatic heterocycles. The third kappa shape index (κ3) is 3.77. The van der Waals surface area contributed by atoms with Crippen molar-refractivity contribution in [3.8, 4) is 16.9 Å². The van der Waals surface area contributed by atoms with Crippen LogP contribution in [0.2, 0.25) is 0 Å². The van der Waals surface area contributed by atoms with Gasteiger partial charge in [0.2, 0.25) is 0 Å². The van der Waals surface area contributed by atoms with Crippen molar-refractivity contribution in [3.63, 3.8) is 0 Å². The van der Waals surface area contributed by atoms with Gasteiger partial charge in [0.25, 0.3) is 0 Å². The predicted molar refractivity (Wildman–Crippen MR) is 119 cm³/mol. The topological polar surface area (TPSA) is 82.0 Å². The molecule has 3 unspecified atom stereocenters. The molecule has 0 saturated heterocycles. The normalized spacial score (nSPS) is 24.2. The van der Waals surface area contributed by atoms with Gasteiger partial charge in [0, 0.05) is 36.0 Å². The summed E-state index contributed by atoms with van der Waals surface area (Å²) in [5.74, 6) is -0.966. The van der Waals surface area contributed by atoms with E-state index in [1.165, 1.54) is 11.8 Å². The average Bonchev–Trinajstić information content (AvgIpc) is 3.61. The Labute approximate surface area is 190 Å². The molecule has 6 nitrogen and oxygen atoms in total.